The normalized spacial score (nSPS) is 17.4. The average molecular weight is 405 g/mol. The Morgan fingerprint density at radius 3 is 2.32 bits per heavy atom. The Hall–Kier alpha value is -2.01. The van der Waals surface area contributed by atoms with Gasteiger partial charge in [0.2, 0.25) is 0 Å². The van der Waals surface area contributed by atoms with Crippen LogP contribution in [0.5, 0.6) is 5.75 Å². The third kappa shape index (κ3) is 4.69. The molecule has 1 heterocycles. The fourth-order valence-electron chi connectivity index (χ4n) is 4.24. The summed E-state index contributed by atoms with van der Waals surface area (Å²) in [6.07, 6.45) is -0.340. The minimum Gasteiger partial charge on any atom is -0.406 e. The molecule has 5 heteroatoms. The summed E-state index contributed by atoms with van der Waals surface area (Å²) in [7, 11) is -1.66. The fraction of sp³-hybridized carbons (Fsp3) is 0.391. The number of fused-ring (bicyclic) bond motifs is 1. The summed E-state index contributed by atoms with van der Waals surface area (Å²) in [4.78, 5) is 0. The lowest BCUT2D eigenvalue weighted by atomic mass is 9.95. The predicted molar refractivity (Wildman–Crippen MR) is 112 cm³/mol. The highest BCUT2D eigenvalue weighted by molar-refractivity contribution is 6.96. The van der Waals surface area contributed by atoms with Gasteiger partial charge in [0.25, 0.3) is 0 Å². The molecule has 0 amide bonds. The van der Waals surface area contributed by atoms with Crippen LogP contribution in [0, 0.1) is 0 Å². The molecule has 0 fully saturated rings. The second kappa shape index (κ2) is 8.16. The Morgan fingerprint density at radius 2 is 1.68 bits per heavy atom. The van der Waals surface area contributed by atoms with Gasteiger partial charge >= 0.3 is 6.36 Å². The quantitative estimate of drug-likeness (QED) is 0.359. The van der Waals surface area contributed by atoms with E-state index >= 15 is 0 Å². The molecule has 0 atom stereocenters. The predicted octanol–water partition coefficient (Wildman–Crippen LogP) is 7.42. The number of allylic oxidation sites excluding steroid dienone is 1. The van der Waals surface area contributed by atoms with E-state index in [1.54, 1.807) is 12.1 Å². The molecule has 0 saturated carbocycles. The minimum absolute atomic E-state index is 0.169. The van der Waals surface area contributed by atoms with Crippen LogP contribution < -0.4 is 4.74 Å². The first-order chi connectivity index (χ1) is 13.2. The van der Waals surface area contributed by atoms with Crippen molar-refractivity contribution in [3.8, 4) is 5.75 Å². The molecular weight excluding hydrogens is 377 g/mol. The van der Waals surface area contributed by atoms with Gasteiger partial charge in [-0.1, -0.05) is 69.3 Å². The lowest BCUT2D eigenvalue weighted by Crippen LogP contribution is -2.26. The van der Waals surface area contributed by atoms with Crippen molar-refractivity contribution in [3.05, 3.63) is 65.2 Å². The van der Waals surface area contributed by atoms with Gasteiger partial charge < -0.3 is 4.74 Å². The first-order valence-corrected chi connectivity index (χ1v) is 13.1. The number of hydrogen-bond acceptors (Lipinski definition) is 1. The van der Waals surface area contributed by atoms with E-state index in [0.717, 1.165) is 37.3 Å². The average Bonchev–Trinajstić information content (AvgIpc) is 2.88. The second-order valence-electron chi connectivity index (χ2n) is 8.10. The van der Waals surface area contributed by atoms with E-state index < -0.39 is 14.4 Å². The van der Waals surface area contributed by atoms with Crippen LogP contribution >= 0.6 is 0 Å². The summed E-state index contributed by atoms with van der Waals surface area (Å²) in [6.45, 7) is 6.96. The van der Waals surface area contributed by atoms with Gasteiger partial charge in [-0.2, -0.15) is 0 Å². The first-order valence-electron chi connectivity index (χ1n) is 9.89. The van der Waals surface area contributed by atoms with E-state index in [2.05, 4.69) is 49.0 Å². The number of rotatable bonds is 6. The van der Waals surface area contributed by atoms with Gasteiger partial charge in [-0.05, 0) is 58.5 Å². The maximum Gasteiger partial charge on any atom is 0.573 e. The van der Waals surface area contributed by atoms with E-state index in [1.807, 2.05) is 0 Å². The molecule has 1 aliphatic rings. The minimum atomic E-state index is -4.66. The van der Waals surface area contributed by atoms with Crippen molar-refractivity contribution in [2.45, 2.75) is 58.1 Å². The van der Waals surface area contributed by atoms with Gasteiger partial charge in [-0.25, -0.2) is 0 Å². The zero-order chi connectivity index (χ0) is 20.4. The zero-order valence-corrected chi connectivity index (χ0v) is 17.7. The molecule has 0 radical (unpaired) electrons. The molecular formula is C23H27F3OSi. The molecule has 28 heavy (non-hydrogen) atoms. The fourth-order valence-corrected chi connectivity index (χ4v) is 7.74. The van der Waals surface area contributed by atoms with Gasteiger partial charge in [0.05, 0.1) is 8.07 Å². The zero-order valence-electron chi connectivity index (χ0n) is 16.7. The van der Waals surface area contributed by atoms with Crippen LogP contribution in [0.2, 0.25) is 13.1 Å². The summed E-state index contributed by atoms with van der Waals surface area (Å²) in [5.41, 5.74) is 5.05. The van der Waals surface area contributed by atoms with Crippen LogP contribution in [-0.4, -0.2) is 14.4 Å². The molecule has 0 N–H and O–H groups in total. The second-order valence-corrected chi connectivity index (χ2v) is 12.7. The molecule has 2 aromatic rings. The number of hydrogen-bond donors (Lipinski definition) is 0. The number of unbranched alkanes of at least 4 members (excludes halogenated alkanes) is 2. The molecule has 0 aromatic heterocycles. The van der Waals surface area contributed by atoms with Gasteiger partial charge in [0, 0.05) is 0 Å². The maximum absolute atomic E-state index is 12.5. The topological polar surface area (TPSA) is 9.23 Å². The number of benzene rings is 2. The SMILES string of the molecule is CCCCC/C(=C1\c2ccccc2C[Si]1(C)C)c1ccc(OC(F)(F)F)cc1. The Bertz CT molecular complexity index is 851. The Morgan fingerprint density at radius 1 is 1.00 bits per heavy atom. The van der Waals surface area contributed by atoms with E-state index in [4.69, 9.17) is 0 Å². The van der Waals surface area contributed by atoms with E-state index in [0.29, 0.717) is 0 Å². The van der Waals surface area contributed by atoms with Crippen molar-refractivity contribution >= 4 is 18.8 Å². The van der Waals surface area contributed by atoms with Crippen LogP contribution in [0.1, 0.15) is 49.3 Å². The van der Waals surface area contributed by atoms with Crippen LogP contribution in [0.15, 0.2) is 48.5 Å². The largest absolute Gasteiger partial charge is 0.573 e. The Labute approximate surface area is 166 Å². The van der Waals surface area contributed by atoms with Crippen molar-refractivity contribution in [2.75, 3.05) is 0 Å². The molecule has 0 unspecified atom stereocenters. The molecule has 3 rings (SSSR count). The molecule has 1 aliphatic heterocycles. The maximum atomic E-state index is 12.5. The van der Waals surface area contributed by atoms with Crippen LogP contribution in [0.3, 0.4) is 0 Å². The molecule has 0 saturated heterocycles. The highest BCUT2D eigenvalue weighted by Gasteiger charge is 2.37. The lowest BCUT2D eigenvalue weighted by molar-refractivity contribution is -0.274. The van der Waals surface area contributed by atoms with Gasteiger partial charge in [-0.3, -0.25) is 0 Å². The van der Waals surface area contributed by atoms with E-state index in [1.165, 1.54) is 34.0 Å². The molecule has 2 aromatic carbocycles. The van der Waals surface area contributed by atoms with Crippen molar-refractivity contribution < 1.29 is 17.9 Å². The smallest absolute Gasteiger partial charge is 0.406 e. The third-order valence-electron chi connectivity index (χ3n) is 5.36. The van der Waals surface area contributed by atoms with E-state index in [-0.39, 0.29) is 5.75 Å². The lowest BCUT2D eigenvalue weighted by Gasteiger charge is -2.23. The number of alkyl halides is 3. The summed E-state index contributed by atoms with van der Waals surface area (Å²) < 4.78 is 41.5. The number of ether oxygens (including phenoxy) is 1. The Kier molecular flexibility index (Phi) is 6.03. The van der Waals surface area contributed by atoms with Gasteiger partial charge in [-0.15, -0.1) is 13.2 Å². The van der Waals surface area contributed by atoms with Crippen LogP contribution in [-0.2, 0) is 6.04 Å². The number of halogens is 3. The highest BCUT2D eigenvalue weighted by Crippen LogP contribution is 2.44. The first kappa shape index (κ1) is 20.7. The van der Waals surface area contributed by atoms with E-state index in [9.17, 15) is 13.2 Å². The summed E-state index contributed by atoms with van der Waals surface area (Å²) in [6, 6.07) is 16.1. The molecule has 0 bridgehead atoms. The summed E-state index contributed by atoms with van der Waals surface area (Å²) in [5.74, 6) is -0.169. The Balaban J connectivity index is 2.05. The molecule has 1 nitrogen and oxygen atoms in total. The van der Waals surface area contributed by atoms with Crippen molar-refractivity contribution in [1.82, 2.24) is 0 Å². The van der Waals surface area contributed by atoms with Crippen LogP contribution in [0.25, 0.3) is 10.8 Å². The monoisotopic (exact) mass is 404 g/mol. The molecule has 0 aliphatic carbocycles. The van der Waals surface area contributed by atoms with Crippen molar-refractivity contribution in [3.63, 3.8) is 0 Å². The summed E-state index contributed by atoms with van der Waals surface area (Å²) in [5, 5.41) is 1.46. The standard InChI is InChI=1S/C23H27F3OSi/c1-4-5-6-10-20(17-12-14-19(15-13-17)27-23(24,25)26)22-21-11-8-7-9-18(21)16-28(22,2)3/h7-9,11-15H,4-6,10,16H2,1-3H3/b22-20-. The third-order valence-corrected chi connectivity index (χ3v) is 8.55. The van der Waals surface area contributed by atoms with Crippen molar-refractivity contribution in [2.24, 2.45) is 0 Å². The highest BCUT2D eigenvalue weighted by atomic mass is 28.3. The summed E-state index contributed by atoms with van der Waals surface area (Å²) >= 11 is 0. The van der Waals surface area contributed by atoms with Gasteiger partial charge in [0.1, 0.15) is 5.75 Å². The van der Waals surface area contributed by atoms with Crippen molar-refractivity contribution in [1.29, 1.82) is 0 Å². The molecule has 0 spiro atoms. The van der Waals surface area contributed by atoms with Gasteiger partial charge in [0.15, 0.2) is 0 Å². The van der Waals surface area contributed by atoms with Crippen LogP contribution in [0.4, 0.5) is 13.2 Å². The molecule has 150 valence electrons.